The highest BCUT2D eigenvalue weighted by Gasteiger charge is 2.18. The van der Waals surface area contributed by atoms with Gasteiger partial charge < -0.3 is 18.8 Å². The lowest BCUT2D eigenvalue weighted by Gasteiger charge is -2.05. The van der Waals surface area contributed by atoms with Crippen LogP contribution >= 0.6 is 11.3 Å². The van der Waals surface area contributed by atoms with E-state index in [-0.39, 0.29) is 25.1 Å². The molecule has 0 saturated carbocycles. The summed E-state index contributed by atoms with van der Waals surface area (Å²) in [6.45, 7) is 1.96. The Morgan fingerprint density at radius 1 is 1.36 bits per heavy atom. The average molecular weight is 322 g/mol. The first kappa shape index (κ1) is 14.6. The molecule has 116 valence electrons. The first-order valence-corrected chi connectivity index (χ1v) is 7.45. The molecule has 1 aromatic heterocycles. The molecule has 0 aliphatic carbocycles. The van der Waals surface area contributed by atoms with Crippen molar-refractivity contribution in [3.05, 3.63) is 16.9 Å². The summed E-state index contributed by atoms with van der Waals surface area (Å²) in [6, 6.07) is 3.70. The van der Waals surface area contributed by atoms with Crippen molar-refractivity contribution in [1.29, 1.82) is 0 Å². The van der Waals surface area contributed by atoms with E-state index in [2.05, 4.69) is 9.73 Å². The van der Waals surface area contributed by atoms with Gasteiger partial charge in [0.05, 0.1) is 23.7 Å². The van der Waals surface area contributed by atoms with Crippen molar-refractivity contribution >= 4 is 33.4 Å². The minimum Gasteiger partial charge on any atom is -0.469 e. The lowest BCUT2D eigenvalue weighted by molar-refractivity contribution is -0.140. The number of benzene rings is 1. The fourth-order valence-corrected chi connectivity index (χ4v) is 3.31. The SMILES string of the molecule is COC(=O)CCn1c(=NC(C)=O)sc2cc3c(cc21)OCO3. The molecule has 8 heteroatoms. The van der Waals surface area contributed by atoms with Crippen LogP contribution in [-0.2, 0) is 20.9 Å². The van der Waals surface area contributed by atoms with Gasteiger partial charge in [-0.25, -0.2) is 0 Å². The summed E-state index contributed by atoms with van der Waals surface area (Å²) in [6.07, 6.45) is 0.196. The van der Waals surface area contributed by atoms with E-state index in [1.54, 1.807) is 0 Å². The number of amides is 1. The molecule has 0 unspecified atom stereocenters. The van der Waals surface area contributed by atoms with Gasteiger partial charge in [-0.1, -0.05) is 11.3 Å². The number of rotatable bonds is 3. The van der Waals surface area contributed by atoms with E-state index in [0.717, 1.165) is 10.2 Å². The van der Waals surface area contributed by atoms with Crippen molar-refractivity contribution < 1.29 is 23.8 Å². The number of methoxy groups -OCH3 is 1. The predicted molar refractivity (Wildman–Crippen MR) is 78.8 cm³/mol. The molecular formula is C14H14N2O5S. The van der Waals surface area contributed by atoms with Gasteiger partial charge in [-0.2, -0.15) is 4.99 Å². The van der Waals surface area contributed by atoms with E-state index >= 15 is 0 Å². The highest BCUT2D eigenvalue weighted by atomic mass is 32.1. The Bertz CT molecular complexity index is 820. The largest absolute Gasteiger partial charge is 0.469 e. The summed E-state index contributed by atoms with van der Waals surface area (Å²) in [5.41, 5.74) is 0.846. The molecule has 2 aromatic rings. The summed E-state index contributed by atoms with van der Waals surface area (Å²) in [5.74, 6) is 0.703. The monoisotopic (exact) mass is 322 g/mol. The molecule has 0 radical (unpaired) electrons. The topological polar surface area (TPSA) is 79.1 Å². The predicted octanol–water partition coefficient (Wildman–Crippen LogP) is 1.44. The molecule has 0 atom stereocenters. The number of hydrogen-bond acceptors (Lipinski definition) is 6. The molecule has 2 heterocycles. The number of nitrogens with zero attached hydrogens (tertiary/aromatic N) is 2. The van der Waals surface area contributed by atoms with Gasteiger partial charge in [0, 0.05) is 25.6 Å². The molecule has 0 fully saturated rings. The highest BCUT2D eigenvalue weighted by molar-refractivity contribution is 7.16. The number of aryl methyl sites for hydroxylation is 1. The number of hydrogen-bond donors (Lipinski definition) is 0. The molecule has 1 aliphatic rings. The number of aromatic nitrogens is 1. The molecule has 0 N–H and O–H groups in total. The molecule has 22 heavy (non-hydrogen) atoms. The summed E-state index contributed by atoms with van der Waals surface area (Å²) >= 11 is 1.37. The second kappa shape index (κ2) is 5.80. The normalized spacial score (nSPS) is 13.6. The Hall–Kier alpha value is -2.35. The number of esters is 1. The molecule has 3 rings (SSSR count). The second-order valence-electron chi connectivity index (χ2n) is 4.67. The maximum absolute atomic E-state index is 11.4. The van der Waals surface area contributed by atoms with Crippen LogP contribution in [0.1, 0.15) is 13.3 Å². The molecule has 0 spiro atoms. The summed E-state index contributed by atoms with van der Waals surface area (Å²) in [5, 5.41) is 0. The van der Waals surface area contributed by atoms with Gasteiger partial charge in [0.25, 0.3) is 0 Å². The van der Waals surface area contributed by atoms with Crippen LogP contribution < -0.4 is 14.3 Å². The quantitative estimate of drug-likeness (QED) is 0.799. The Morgan fingerprint density at radius 3 is 2.77 bits per heavy atom. The van der Waals surface area contributed by atoms with Crippen molar-refractivity contribution in [2.45, 2.75) is 19.9 Å². The van der Waals surface area contributed by atoms with Gasteiger partial charge in [0.2, 0.25) is 12.7 Å². The van der Waals surface area contributed by atoms with E-state index in [1.807, 2.05) is 16.7 Å². The number of ether oxygens (including phenoxy) is 3. The summed E-state index contributed by atoms with van der Waals surface area (Å²) in [7, 11) is 1.34. The zero-order chi connectivity index (χ0) is 15.7. The standard InChI is InChI=1S/C14H14N2O5S/c1-8(17)15-14-16(4-3-13(18)19-2)9-5-10-11(21-7-20-10)6-12(9)22-14/h5-6H,3-4,7H2,1-2H3. The number of fused-ring (bicyclic) bond motifs is 2. The lowest BCUT2D eigenvalue weighted by Crippen LogP contribution is -2.18. The van der Waals surface area contributed by atoms with E-state index in [4.69, 9.17) is 9.47 Å². The van der Waals surface area contributed by atoms with Gasteiger partial charge in [-0.15, -0.1) is 0 Å². The fraction of sp³-hybridized carbons (Fsp3) is 0.357. The third-order valence-corrected chi connectivity index (χ3v) is 4.24. The van der Waals surface area contributed by atoms with Crippen LogP contribution in [0.15, 0.2) is 17.1 Å². The highest BCUT2D eigenvalue weighted by Crippen LogP contribution is 2.37. The summed E-state index contributed by atoms with van der Waals surface area (Å²) < 4.78 is 18.1. The van der Waals surface area contributed by atoms with Gasteiger partial charge in [-0.05, 0) is 0 Å². The van der Waals surface area contributed by atoms with Gasteiger partial charge >= 0.3 is 5.97 Å². The maximum atomic E-state index is 11.4. The summed E-state index contributed by atoms with van der Waals surface area (Å²) in [4.78, 5) is 27.3. The molecule has 1 aromatic carbocycles. The molecule has 0 bridgehead atoms. The first-order chi connectivity index (χ1) is 10.6. The van der Waals surface area contributed by atoms with Crippen LogP contribution in [0.25, 0.3) is 10.2 Å². The zero-order valence-electron chi connectivity index (χ0n) is 12.1. The van der Waals surface area contributed by atoms with Gasteiger partial charge in [-0.3, -0.25) is 9.59 Å². The molecule has 1 aliphatic heterocycles. The van der Waals surface area contributed by atoms with Crippen LogP contribution in [0.5, 0.6) is 11.5 Å². The van der Waals surface area contributed by atoms with Crippen LogP contribution in [0, 0.1) is 0 Å². The van der Waals surface area contributed by atoms with Crippen LogP contribution in [0.2, 0.25) is 0 Å². The lowest BCUT2D eigenvalue weighted by atomic mass is 10.3. The van der Waals surface area contributed by atoms with Crippen LogP contribution in [0.3, 0.4) is 0 Å². The van der Waals surface area contributed by atoms with Crippen LogP contribution in [0.4, 0.5) is 0 Å². The third kappa shape index (κ3) is 2.69. The Morgan fingerprint density at radius 2 is 2.09 bits per heavy atom. The van der Waals surface area contributed by atoms with Crippen molar-refractivity contribution in [1.82, 2.24) is 4.57 Å². The van der Waals surface area contributed by atoms with E-state index < -0.39 is 0 Å². The van der Waals surface area contributed by atoms with Gasteiger partial charge in [0.1, 0.15) is 0 Å². The van der Waals surface area contributed by atoms with Crippen molar-refractivity contribution in [3.63, 3.8) is 0 Å². The Labute approximate surface area is 129 Å². The van der Waals surface area contributed by atoms with E-state index in [1.165, 1.54) is 25.4 Å². The first-order valence-electron chi connectivity index (χ1n) is 6.63. The number of thiazole rings is 1. The third-order valence-electron chi connectivity index (χ3n) is 3.20. The van der Waals surface area contributed by atoms with Gasteiger partial charge in [0.15, 0.2) is 16.3 Å². The molecular weight excluding hydrogens is 308 g/mol. The molecule has 7 nitrogen and oxygen atoms in total. The van der Waals surface area contributed by atoms with Crippen molar-refractivity contribution in [2.75, 3.05) is 13.9 Å². The average Bonchev–Trinajstić information content (AvgIpc) is 3.05. The van der Waals surface area contributed by atoms with E-state index in [0.29, 0.717) is 22.8 Å². The smallest absolute Gasteiger partial charge is 0.307 e. The maximum Gasteiger partial charge on any atom is 0.307 e. The van der Waals surface area contributed by atoms with Crippen molar-refractivity contribution in [3.8, 4) is 11.5 Å². The minimum absolute atomic E-state index is 0.194. The minimum atomic E-state index is -0.318. The molecule has 1 amide bonds. The van der Waals surface area contributed by atoms with E-state index in [9.17, 15) is 9.59 Å². The number of carbonyl (C=O) groups excluding carboxylic acids is 2. The number of carbonyl (C=O) groups is 2. The Balaban J connectivity index is 2.12. The van der Waals surface area contributed by atoms with Crippen LogP contribution in [-0.4, -0.2) is 30.3 Å². The Kier molecular flexibility index (Phi) is 3.84. The fourth-order valence-electron chi connectivity index (χ4n) is 2.20. The molecule has 0 saturated heterocycles. The zero-order valence-corrected chi connectivity index (χ0v) is 12.9. The second-order valence-corrected chi connectivity index (χ2v) is 5.68. The van der Waals surface area contributed by atoms with Crippen molar-refractivity contribution in [2.24, 2.45) is 4.99 Å².